The molecule has 1 saturated heterocycles. The molecular weight excluding hydrogens is 340 g/mol. The Hall–Kier alpha value is -0.540. The number of aliphatic hydroxyl groups excluding tert-OH is 5. The Bertz CT molecular complexity index is 477. The van der Waals surface area contributed by atoms with Crippen molar-refractivity contribution in [3.8, 4) is 0 Å². The Morgan fingerprint density at radius 3 is 2.38 bits per heavy atom. The summed E-state index contributed by atoms with van der Waals surface area (Å²) in [4.78, 5) is 0. The van der Waals surface area contributed by atoms with E-state index in [1.807, 2.05) is 6.08 Å². The molecule has 5 N–H and O–H groups in total. The van der Waals surface area contributed by atoms with E-state index in [0.717, 1.165) is 12.8 Å². The molecule has 0 bridgehead atoms. The van der Waals surface area contributed by atoms with Crippen LogP contribution in [0.1, 0.15) is 40.5 Å². The minimum Gasteiger partial charge on any atom is -0.394 e. The van der Waals surface area contributed by atoms with E-state index >= 15 is 0 Å². The lowest BCUT2D eigenvalue weighted by atomic mass is 9.63. The molecule has 0 spiro atoms. The van der Waals surface area contributed by atoms with Crippen LogP contribution < -0.4 is 0 Å². The maximum Gasteiger partial charge on any atom is 0.186 e. The molecule has 1 aliphatic heterocycles. The quantitative estimate of drug-likeness (QED) is 0.436. The van der Waals surface area contributed by atoms with E-state index in [1.165, 1.54) is 0 Å². The normalized spacial score (nSPS) is 45.0. The number of hydrogen-bond donors (Lipinski definition) is 5. The Morgan fingerprint density at radius 1 is 1.19 bits per heavy atom. The van der Waals surface area contributed by atoms with Crippen molar-refractivity contribution in [2.75, 3.05) is 6.61 Å². The Kier molecular flexibility index (Phi) is 7.23. The Labute approximate surface area is 155 Å². The Morgan fingerprint density at radius 2 is 1.85 bits per heavy atom. The van der Waals surface area contributed by atoms with Gasteiger partial charge in [-0.3, -0.25) is 0 Å². The molecule has 2 rings (SSSR count). The standard InChI is InChI=1S/C19H34O7/c1-10-7-12(8-19(3,4)13(10)6-5-11(2)21)25-18-17(24)16(23)15(22)14(9-20)26-18/h5-6,10-18,20-24H,7-9H2,1-4H3/b6-5+/t10-,11+,12-,13-,14+,15+,16-,17+,18+/m0/s1. The van der Waals surface area contributed by atoms with Crippen molar-refractivity contribution in [1.29, 1.82) is 0 Å². The third-order valence-corrected chi connectivity index (χ3v) is 5.68. The first-order valence-electron chi connectivity index (χ1n) is 9.39. The topological polar surface area (TPSA) is 120 Å². The minimum atomic E-state index is -1.43. The highest BCUT2D eigenvalue weighted by Crippen LogP contribution is 2.46. The van der Waals surface area contributed by atoms with Gasteiger partial charge in [-0.05, 0) is 37.0 Å². The highest BCUT2D eigenvalue weighted by atomic mass is 16.7. The third kappa shape index (κ3) is 4.84. The number of allylic oxidation sites excluding steroid dienone is 1. The van der Waals surface area contributed by atoms with Crippen LogP contribution in [-0.2, 0) is 9.47 Å². The zero-order chi connectivity index (χ0) is 19.6. The van der Waals surface area contributed by atoms with Gasteiger partial charge in [0.1, 0.15) is 24.4 Å². The SMILES string of the molecule is C[C@@H](O)/C=C/[C@H]1[C@@H](C)C[C@H](O[C@@H]2O[C@H](CO)[C@@H](O)[C@H](O)[C@H]2O)CC1(C)C. The van der Waals surface area contributed by atoms with Crippen LogP contribution in [0.5, 0.6) is 0 Å². The monoisotopic (exact) mass is 374 g/mol. The molecule has 0 unspecified atom stereocenters. The number of ether oxygens (including phenoxy) is 2. The predicted molar refractivity (Wildman–Crippen MR) is 95.1 cm³/mol. The van der Waals surface area contributed by atoms with E-state index in [-0.39, 0.29) is 17.4 Å². The second-order valence-corrected chi connectivity index (χ2v) is 8.51. The largest absolute Gasteiger partial charge is 0.394 e. The molecular formula is C19H34O7. The van der Waals surface area contributed by atoms with Crippen LogP contribution in [0.15, 0.2) is 12.2 Å². The molecule has 2 fully saturated rings. The lowest BCUT2D eigenvalue weighted by molar-refractivity contribution is -0.316. The van der Waals surface area contributed by atoms with Crippen LogP contribution in [0, 0.1) is 17.3 Å². The highest BCUT2D eigenvalue weighted by Gasteiger charge is 2.47. The highest BCUT2D eigenvalue weighted by molar-refractivity contribution is 5.03. The van der Waals surface area contributed by atoms with E-state index in [4.69, 9.17) is 9.47 Å². The van der Waals surface area contributed by atoms with Crippen molar-refractivity contribution < 1.29 is 35.0 Å². The van der Waals surface area contributed by atoms with Crippen molar-refractivity contribution in [3.05, 3.63) is 12.2 Å². The molecule has 0 amide bonds. The lowest BCUT2D eigenvalue weighted by Gasteiger charge is -2.47. The summed E-state index contributed by atoms with van der Waals surface area (Å²) in [6.45, 7) is 7.67. The molecule has 0 aromatic heterocycles. The molecule has 1 heterocycles. The Balaban J connectivity index is 2.05. The predicted octanol–water partition coefficient (Wildman–Crippen LogP) is 0.181. The molecule has 0 aromatic rings. The minimum absolute atomic E-state index is 0.0815. The van der Waals surface area contributed by atoms with Crippen LogP contribution in [-0.4, -0.2) is 75.1 Å². The summed E-state index contributed by atoms with van der Waals surface area (Å²) in [6, 6.07) is 0. The molecule has 1 saturated carbocycles. The van der Waals surface area contributed by atoms with E-state index in [1.54, 1.807) is 6.92 Å². The molecule has 7 heteroatoms. The van der Waals surface area contributed by atoms with Crippen molar-refractivity contribution in [2.24, 2.45) is 17.3 Å². The van der Waals surface area contributed by atoms with E-state index < -0.39 is 43.4 Å². The van der Waals surface area contributed by atoms with Crippen molar-refractivity contribution in [3.63, 3.8) is 0 Å². The van der Waals surface area contributed by atoms with E-state index in [2.05, 4.69) is 26.8 Å². The zero-order valence-corrected chi connectivity index (χ0v) is 16.0. The van der Waals surface area contributed by atoms with Gasteiger partial charge in [0.25, 0.3) is 0 Å². The molecule has 152 valence electrons. The van der Waals surface area contributed by atoms with E-state index in [0.29, 0.717) is 5.92 Å². The smallest absolute Gasteiger partial charge is 0.186 e. The van der Waals surface area contributed by atoms with Gasteiger partial charge in [-0.25, -0.2) is 0 Å². The number of hydrogen-bond acceptors (Lipinski definition) is 7. The number of aliphatic hydroxyl groups is 5. The third-order valence-electron chi connectivity index (χ3n) is 5.68. The molecule has 2 aliphatic rings. The fourth-order valence-electron chi connectivity index (χ4n) is 4.34. The second-order valence-electron chi connectivity index (χ2n) is 8.51. The van der Waals surface area contributed by atoms with Gasteiger partial charge >= 0.3 is 0 Å². The molecule has 7 nitrogen and oxygen atoms in total. The van der Waals surface area contributed by atoms with Gasteiger partial charge in [0.15, 0.2) is 6.29 Å². The summed E-state index contributed by atoms with van der Waals surface area (Å²) < 4.78 is 11.4. The molecule has 0 aromatic carbocycles. The van der Waals surface area contributed by atoms with Crippen molar-refractivity contribution in [2.45, 2.75) is 83.5 Å². The fraction of sp³-hybridized carbons (Fsp3) is 0.895. The fourth-order valence-corrected chi connectivity index (χ4v) is 4.34. The maximum absolute atomic E-state index is 10.2. The summed E-state index contributed by atoms with van der Waals surface area (Å²) in [7, 11) is 0. The summed E-state index contributed by atoms with van der Waals surface area (Å²) in [5.74, 6) is 0.579. The first-order chi connectivity index (χ1) is 12.1. The second kappa shape index (κ2) is 8.65. The van der Waals surface area contributed by atoms with Crippen LogP contribution in [0.3, 0.4) is 0 Å². The van der Waals surface area contributed by atoms with Gasteiger partial charge < -0.3 is 35.0 Å². The van der Waals surface area contributed by atoms with Crippen LogP contribution >= 0.6 is 0 Å². The molecule has 26 heavy (non-hydrogen) atoms. The van der Waals surface area contributed by atoms with Gasteiger partial charge in [-0.1, -0.05) is 32.9 Å². The summed E-state index contributed by atoms with van der Waals surface area (Å²) in [5, 5.41) is 48.7. The van der Waals surface area contributed by atoms with E-state index in [9.17, 15) is 25.5 Å². The summed E-state index contributed by atoms with van der Waals surface area (Å²) in [6.07, 6.45) is -1.57. The average Bonchev–Trinajstić information content (AvgIpc) is 2.53. The number of rotatable bonds is 5. The molecule has 1 aliphatic carbocycles. The lowest BCUT2D eigenvalue weighted by Crippen LogP contribution is -2.60. The summed E-state index contributed by atoms with van der Waals surface area (Å²) in [5.41, 5.74) is -0.0815. The zero-order valence-electron chi connectivity index (χ0n) is 16.0. The van der Waals surface area contributed by atoms with Crippen LogP contribution in [0.2, 0.25) is 0 Å². The molecule has 9 atom stereocenters. The van der Waals surface area contributed by atoms with Gasteiger partial charge in [-0.15, -0.1) is 0 Å². The maximum atomic E-state index is 10.2. The van der Waals surface area contributed by atoms with Gasteiger partial charge in [-0.2, -0.15) is 0 Å². The average molecular weight is 374 g/mol. The van der Waals surface area contributed by atoms with Gasteiger partial charge in [0.2, 0.25) is 0 Å². The van der Waals surface area contributed by atoms with Gasteiger partial charge in [0.05, 0.1) is 18.8 Å². The van der Waals surface area contributed by atoms with Gasteiger partial charge in [0, 0.05) is 0 Å². The summed E-state index contributed by atoms with van der Waals surface area (Å²) >= 11 is 0. The molecule has 0 radical (unpaired) electrons. The van der Waals surface area contributed by atoms with Crippen molar-refractivity contribution >= 4 is 0 Å². The van der Waals surface area contributed by atoms with Crippen LogP contribution in [0.25, 0.3) is 0 Å². The first kappa shape index (κ1) is 21.8. The van der Waals surface area contributed by atoms with Crippen molar-refractivity contribution in [1.82, 2.24) is 0 Å². The first-order valence-corrected chi connectivity index (χ1v) is 9.39. The van der Waals surface area contributed by atoms with Crippen LogP contribution in [0.4, 0.5) is 0 Å².